The van der Waals surface area contributed by atoms with Crippen LogP contribution < -0.4 is 10.6 Å². The summed E-state index contributed by atoms with van der Waals surface area (Å²) in [5.74, 6) is -0.246. The molecule has 0 aliphatic carbocycles. The SMILES string of the molecule is Cn1nc(C(C)(C)C)cc1NC(=O)N1CCNC(=O)[C@@H]1c1cccc(F)c1. The first-order valence-electron chi connectivity index (χ1n) is 8.82. The summed E-state index contributed by atoms with van der Waals surface area (Å²) >= 11 is 0. The van der Waals surface area contributed by atoms with Crippen LogP contribution in [0.1, 0.15) is 38.1 Å². The zero-order valence-corrected chi connectivity index (χ0v) is 15.9. The van der Waals surface area contributed by atoms with Crippen molar-refractivity contribution in [1.29, 1.82) is 0 Å². The van der Waals surface area contributed by atoms with Crippen LogP contribution in [-0.4, -0.2) is 39.7 Å². The van der Waals surface area contributed by atoms with Crippen molar-refractivity contribution in [2.75, 3.05) is 18.4 Å². The van der Waals surface area contributed by atoms with E-state index >= 15 is 0 Å². The Kier molecular flexibility index (Phi) is 4.91. The van der Waals surface area contributed by atoms with Gasteiger partial charge in [0.25, 0.3) is 0 Å². The Bertz CT molecular complexity index is 871. The van der Waals surface area contributed by atoms with E-state index < -0.39 is 17.9 Å². The van der Waals surface area contributed by atoms with Gasteiger partial charge in [-0.2, -0.15) is 5.10 Å². The van der Waals surface area contributed by atoms with E-state index in [9.17, 15) is 14.0 Å². The Morgan fingerprint density at radius 3 is 2.70 bits per heavy atom. The summed E-state index contributed by atoms with van der Waals surface area (Å²) < 4.78 is 15.2. The normalized spacial score (nSPS) is 17.6. The molecule has 3 rings (SSSR count). The number of benzene rings is 1. The molecule has 0 radical (unpaired) electrons. The summed E-state index contributed by atoms with van der Waals surface area (Å²) in [5, 5.41) is 9.99. The highest BCUT2D eigenvalue weighted by Crippen LogP contribution is 2.26. The number of carbonyl (C=O) groups excluding carboxylic acids is 2. The van der Waals surface area contributed by atoms with Gasteiger partial charge in [-0.25, -0.2) is 9.18 Å². The third kappa shape index (κ3) is 3.94. The Hall–Kier alpha value is -2.90. The fourth-order valence-corrected chi connectivity index (χ4v) is 3.03. The van der Waals surface area contributed by atoms with Gasteiger partial charge in [-0.1, -0.05) is 32.9 Å². The zero-order valence-electron chi connectivity index (χ0n) is 15.9. The van der Waals surface area contributed by atoms with E-state index in [4.69, 9.17) is 0 Å². The lowest BCUT2D eigenvalue weighted by Gasteiger charge is -2.35. The van der Waals surface area contributed by atoms with E-state index in [1.807, 2.05) is 26.8 Å². The van der Waals surface area contributed by atoms with Gasteiger partial charge in [-0.3, -0.25) is 14.8 Å². The number of nitrogens with one attached hydrogen (secondary N) is 2. The molecule has 1 atom stereocenters. The lowest BCUT2D eigenvalue weighted by Crippen LogP contribution is -2.53. The molecule has 0 spiro atoms. The van der Waals surface area contributed by atoms with Crippen LogP contribution in [0.3, 0.4) is 0 Å². The van der Waals surface area contributed by atoms with Crippen molar-refractivity contribution in [3.8, 4) is 0 Å². The fourth-order valence-electron chi connectivity index (χ4n) is 3.03. The number of aryl methyl sites for hydroxylation is 1. The van der Waals surface area contributed by atoms with Crippen LogP contribution in [0.5, 0.6) is 0 Å². The molecule has 8 heteroatoms. The molecule has 1 aromatic heterocycles. The molecule has 1 aromatic carbocycles. The molecule has 1 saturated heterocycles. The molecule has 0 bridgehead atoms. The molecule has 7 nitrogen and oxygen atoms in total. The molecule has 2 N–H and O–H groups in total. The third-order valence-corrected chi connectivity index (χ3v) is 4.52. The standard InChI is InChI=1S/C19H24FN5O2/c1-19(2,3)14-11-15(24(4)23-14)22-18(27)25-9-8-21-17(26)16(25)12-6-5-7-13(20)10-12/h5-7,10-11,16H,8-9H2,1-4H3,(H,21,26)(H,22,27)/t16-/m0/s1. The maximum Gasteiger partial charge on any atom is 0.324 e. The van der Waals surface area contributed by atoms with Gasteiger partial charge in [0.2, 0.25) is 5.91 Å². The average Bonchev–Trinajstić information content (AvgIpc) is 2.95. The van der Waals surface area contributed by atoms with Crippen molar-refractivity contribution in [3.05, 3.63) is 47.4 Å². The number of aromatic nitrogens is 2. The summed E-state index contributed by atoms with van der Waals surface area (Å²) in [6.07, 6.45) is 0. The van der Waals surface area contributed by atoms with Gasteiger partial charge in [0.15, 0.2) is 0 Å². The minimum Gasteiger partial charge on any atom is -0.352 e. The van der Waals surface area contributed by atoms with Gasteiger partial charge in [-0.05, 0) is 17.7 Å². The average molecular weight is 373 g/mol. The molecule has 1 aliphatic rings. The number of carbonyl (C=O) groups is 2. The van der Waals surface area contributed by atoms with Crippen molar-refractivity contribution in [2.45, 2.75) is 32.2 Å². The number of urea groups is 1. The van der Waals surface area contributed by atoms with E-state index in [0.29, 0.717) is 24.5 Å². The maximum atomic E-state index is 13.6. The second-order valence-electron chi connectivity index (χ2n) is 7.66. The second kappa shape index (κ2) is 7.02. The monoisotopic (exact) mass is 373 g/mol. The van der Waals surface area contributed by atoms with Crippen molar-refractivity contribution >= 4 is 17.8 Å². The third-order valence-electron chi connectivity index (χ3n) is 4.52. The Balaban J connectivity index is 1.86. The fraction of sp³-hybridized carbons (Fsp3) is 0.421. The molecular formula is C19H24FN5O2. The molecule has 2 aromatic rings. The maximum absolute atomic E-state index is 13.6. The predicted octanol–water partition coefficient (Wildman–Crippen LogP) is 2.56. The number of nitrogens with zero attached hydrogens (tertiary/aromatic N) is 3. The Labute approximate surface area is 157 Å². The van der Waals surface area contributed by atoms with E-state index in [1.54, 1.807) is 17.8 Å². The van der Waals surface area contributed by atoms with Gasteiger partial charge < -0.3 is 10.2 Å². The summed E-state index contributed by atoms with van der Waals surface area (Å²) in [6.45, 7) is 6.78. The highest BCUT2D eigenvalue weighted by atomic mass is 19.1. The summed E-state index contributed by atoms with van der Waals surface area (Å²) in [6, 6.07) is 6.25. The molecule has 3 amide bonds. The summed E-state index contributed by atoms with van der Waals surface area (Å²) in [4.78, 5) is 26.7. The molecule has 1 fully saturated rings. The quantitative estimate of drug-likeness (QED) is 0.849. The van der Waals surface area contributed by atoms with Crippen molar-refractivity contribution < 1.29 is 14.0 Å². The summed E-state index contributed by atoms with van der Waals surface area (Å²) in [5.41, 5.74) is 1.12. The van der Waals surface area contributed by atoms with Crippen molar-refractivity contribution in [1.82, 2.24) is 20.0 Å². The highest BCUT2D eigenvalue weighted by Gasteiger charge is 2.35. The van der Waals surface area contributed by atoms with Gasteiger partial charge in [0.05, 0.1) is 5.69 Å². The molecule has 144 valence electrons. The minimum atomic E-state index is -0.884. The predicted molar refractivity (Wildman–Crippen MR) is 99.8 cm³/mol. The lowest BCUT2D eigenvalue weighted by molar-refractivity contribution is -0.127. The Morgan fingerprint density at radius 2 is 2.07 bits per heavy atom. The molecule has 27 heavy (non-hydrogen) atoms. The molecule has 1 aliphatic heterocycles. The zero-order chi connectivity index (χ0) is 19.8. The van der Waals surface area contributed by atoms with Crippen LogP contribution in [0.2, 0.25) is 0 Å². The number of rotatable bonds is 2. The number of amides is 3. The van der Waals surface area contributed by atoms with E-state index in [0.717, 1.165) is 5.69 Å². The van der Waals surface area contributed by atoms with Crippen LogP contribution in [0.25, 0.3) is 0 Å². The first kappa shape index (κ1) is 18.9. The number of hydrogen-bond acceptors (Lipinski definition) is 3. The minimum absolute atomic E-state index is 0.157. The van der Waals surface area contributed by atoms with E-state index in [1.165, 1.54) is 23.1 Å². The highest BCUT2D eigenvalue weighted by molar-refractivity contribution is 5.94. The molecule has 2 heterocycles. The first-order chi connectivity index (χ1) is 12.7. The number of anilines is 1. The van der Waals surface area contributed by atoms with Crippen LogP contribution >= 0.6 is 0 Å². The van der Waals surface area contributed by atoms with Crippen LogP contribution in [0.15, 0.2) is 30.3 Å². The number of halogens is 1. The molecule has 0 saturated carbocycles. The van der Waals surface area contributed by atoms with Gasteiger partial charge in [-0.15, -0.1) is 0 Å². The topological polar surface area (TPSA) is 79.3 Å². The molecule has 0 unspecified atom stereocenters. The number of piperazine rings is 1. The van der Waals surface area contributed by atoms with Gasteiger partial charge >= 0.3 is 6.03 Å². The van der Waals surface area contributed by atoms with Crippen molar-refractivity contribution in [2.24, 2.45) is 7.05 Å². The first-order valence-corrected chi connectivity index (χ1v) is 8.82. The van der Waals surface area contributed by atoms with E-state index in [-0.39, 0.29) is 11.3 Å². The van der Waals surface area contributed by atoms with E-state index in [2.05, 4.69) is 15.7 Å². The smallest absolute Gasteiger partial charge is 0.324 e. The largest absolute Gasteiger partial charge is 0.352 e. The van der Waals surface area contributed by atoms with Gasteiger partial charge in [0.1, 0.15) is 17.7 Å². The lowest BCUT2D eigenvalue weighted by atomic mass is 9.92. The Morgan fingerprint density at radius 1 is 1.33 bits per heavy atom. The second-order valence-corrected chi connectivity index (χ2v) is 7.66. The molecular weight excluding hydrogens is 349 g/mol. The van der Waals surface area contributed by atoms with Crippen molar-refractivity contribution in [3.63, 3.8) is 0 Å². The number of hydrogen-bond donors (Lipinski definition) is 2. The van der Waals surface area contributed by atoms with Crippen LogP contribution in [0, 0.1) is 5.82 Å². The van der Waals surface area contributed by atoms with Gasteiger partial charge in [0, 0.05) is 31.6 Å². The van der Waals surface area contributed by atoms with Crippen LogP contribution in [0.4, 0.5) is 15.0 Å². The van der Waals surface area contributed by atoms with Crippen LogP contribution in [-0.2, 0) is 17.3 Å². The summed E-state index contributed by atoms with van der Waals surface area (Å²) in [7, 11) is 1.75.